The van der Waals surface area contributed by atoms with Crippen LogP contribution in [0.15, 0.2) is 33.5 Å². The molecule has 0 saturated carbocycles. The minimum Gasteiger partial charge on any atom is -0.449 e. The van der Waals surface area contributed by atoms with Crippen LogP contribution in [0.5, 0.6) is 11.5 Å². The van der Waals surface area contributed by atoms with Crippen molar-refractivity contribution in [1.29, 1.82) is 0 Å². The average Bonchev–Trinajstić information content (AvgIpc) is 3.30. The molecule has 7 nitrogen and oxygen atoms in total. The summed E-state index contributed by atoms with van der Waals surface area (Å²) >= 11 is 6.92. The number of hydrogen-bond acceptors (Lipinski definition) is 7. The molecular weight excluding hydrogens is 492 g/mol. The zero-order valence-corrected chi connectivity index (χ0v) is 18.4. The van der Waals surface area contributed by atoms with Crippen LogP contribution >= 0.6 is 31.9 Å². The van der Waals surface area contributed by atoms with Gasteiger partial charge in [0.2, 0.25) is 0 Å². The third kappa shape index (κ3) is 3.66. The first-order valence-electron chi connectivity index (χ1n) is 9.37. The summed E-state index contributed by atoms with van der Waals surface area (Å²) in [4.78, 5) is 13.6. The molecule has 28 heavy (non-hydrogen) atoms. The molecule has 0 aromatic carbocycles. The zero-order valence-electron chi connectivity index (χ0n) is 15.2. The van der Waals surface area contributed by atoms with Crippen molar-refractivity contribution < 1.29 is 14.2 Å². The van der Waals surface area contributed by atoms with Crippen molar-refractivity contribution in [3.8, 4) is 11.5 Å². The first-order valence-corrected chi connectivity index (χ1v) is 11.0. The van der Waals surface area contributed by atoms with E-state index in [1.807, 2.05) is 12.1 Å². The Morgan fingerprint density at radius 1 is 1.04 bits per heavy atom. The Balaban J connectivity index is 1.23. The van der Waals surface area contributed by atoms with Crippen molar-refractivity contribution in [2.45, 2.75) is 18.6 Å². The van der Waals surface area contributed by atoms with E-state index >= 15 is 0 Å². The van der Waals surface area contributed by atoms with E-state index in [-0.39, 0.29) is 0 Å². The number of ether oxygens (including phenoxy) is 3. The largest absolute Gasteiger partial charge is 0.449 e. The summed E-state index contributed by atoms with van der Waals surface area (Å²) in [6.45, 7) is 4.82. The number of aromatic nitrogens is 2. The number of nitrogens with zero attached hydrogens (tertiary/aromatic N) is 4. The van der Waals surface area contributed by atoms with Gasteiger partial charge in [0, 0.05) is 59.1 Å². The number of rotatable bonds is 6. The van der Waals surface area contributed by atoms with Crippen molar-refractivity contribution in [3.05, 3.63) is 33.5 Å². The highest BCUT2D eigenvalue weighted by Crippen LogP contribution is 2.45. The van der Waals surface area contributed by atoms with E-state index in [1.54, 1.807) is 12.4 Å². The highest BCUT2D eigenvalue weighted by atomic mass is 79.9. The van der Waals surface area contributed by atoms with Crippen molar-refractivity contribution in [3.63, 3.8) is 0 Å². The van der Waals surface area contributed by atoms with Crippen molar-refractivity contribution in [2.24, 2.45) is 0 Å². The van der Waals surface area contributed by atoms with Crippen LogP contribution in [-0.2, 0) is 9.47 Å². The van der Waals surface area contributed by atoms with Gasteiger partial charge in [0.15, 0.2) is 23.1 Å². The van der Waals surface area contributed by atoms with Gasteiger partial charge in [0.05, 0.1) is 25.9 Å². The van der Waals surface area contributed by atoms with Crippen LogP contribution in [0, 0.1) is 0 Å². The van der Waals surface area contributed by atoms with Crippen molar-refractivity contribution >= 4 is 43.5 Å². The zero-order chi connectivity index (χ0) is 19.1. The maximum atomic E-state index is 6.01. The molecule has 9 heteroatoms. The highest BCUT2D eigenvalue weighted by molar-refractivity contribution is 9.10. The van der Waals surface area contributed by atoms with Crippen LogP contribution in [0.4, 0.5) is 11.6 Å². The predicted octanol–water partition coefficient (Wildman–Crippen LogP) is 3.74. The van der Waals surface area contributed by atoms with Gasteiger partial charge in [-0.25, -0.2) is 9.97 Å². The van der Waals surface area contributed by atoms with Crippen molar-refractivity contribution in [1.82, 2.24) is 14.9 Å². The van der Waals surface area contributed by atoms with Gasteiger partial charge in [0.25, 0.3) is 0 Å². The molecule has 2 atom stereocenters. The van der Waals surface area contributed by atoms with Gasteiger partial charge in [-0.05, 0) is 38.3 Å². The molecule has 0 radical (unpaired) electrons. The smallest absolute Gasteiger partial charge is 0.177 e. The number of hydrogen-bond donors (Lipinski definition) is 0. The lowest BCUT2D eigenvalue weighted by atomic mass is 10.2. The summed E-state index contributed by atoms with van der Waals surface area (Å²) in [7, 11) is 0. The van der Waals surface area contributed by atoms with Gasteiger partial charge < -0.3 is 19.1 Å². The Morgan fingerprint density at radius 2 is 1.71 bits per heavy atom. The Bertz CT molecular complexity index is 833. The number of anilines is 2. The summed E-state index contributed by atoms with van der Waals surface area (Å²) in [5.41, 5.74) is 0. The molecule has 0 spiro atoms. The average molecular weight is 512 g/mol. The quantitative estimate of drug-likeness (QED) is 0.547. The van der Waals surface area contributed by atoms with E-state index in [4.69, 9.17) is 14.2 Å². The van der Waals surface area contributed by atoms with Gasteiger partial charge in [-0.15, -0.1) is 0 Å². The molecule has 5 heterocycles. The van der Waals surface area contributed by atoms with E-state index in [0.717, 1.165) is 46.9 Å². The fourth-order valence-corrected chi connectivity index (χ4v) is 4.63. The second-order valence-corrected chi connectivity index (χ2v) is 8.99. The second-order valence-electron chi connectivity index (χ2n) is 7.16. The SMILES string of the molecule is Brc1cnc2c(c1)Oc1cc(Br)cnc1N2CCOCCN1C[C@H]2C[C@@H]1CO2. The van der Waals surface area contributed by atoms with Crippen molar-refractivity contribution in [2.75, 3.05) is 44.4 Å². The Hall–Kier alpha value is -1.26. The van der Waals surface area contributed by atoms with E-state index < -0.39 is 0 Å². The molecule has 2 saturated heterocycles. The fraction of sp³-hybridized carbons (Fsp3) is 0.474. The molecule has 2 aromatic rings. The summed E-state index contributed by atoms with van der Waals surface area (Å²) in [5, 5.41) is 0. The molecule has 2 fully saturated rings. The standard InChI is InChI=1S/C19H20Br2N4O3/c20-12-5-16-18(22-8-12)25(19-17(28-16)6-13(21)9-23-19)2-4-26-3-1-24-10-15-7-14(24)11-27-15/h5-6,8-9,14-15H,1-4,7,10-11H2/t14-,15-/m1/s1. The molecule has 5 rings (SSSR count). The third-order valence-electron chi connectivity index (χ3n) is 5.33. The molecule has 3 aliphatic rings. The number of halogens is 2. The maximum Gasteiger partial charge on any atom is 0.177 e. The summed E-state index contributed by atoms with van der Waals surface area (Å²) < 4.78 is 19.3. The van der Waals surface area contributed by atoms with E-state index in [2.05, 4.69) is 51.6 Å². The van der Waals surface area contributed by atoms with Gasteiger partial charge >= 0.3 is 0 Å². The van der Waals surface area contributed by atoms with Crippen LogP contribution < -0.4 is 9.64 Å². The van der Waals surface area contributed by atoms with Crippen LogP contribution in [0.25, 0.3) is 0 Å². The van der Waals surface area contributed by atoms with E-state index in [1.165, 1.54) is 6.42 Å². The normalized spacial score (nSPS) is 22.9. The Morgan fingerprint density at radius 3 is 2.32 bits per heavy atom. The number of morpholine rings is 1. The molecule has 0 unspecified atom stereocenters. The molecule has 2 aromatic heterocycles. The molecule has 3 aliphatic heterocycles. The molecule has 0 N–H and O–H groups in total. The lowest BCUT2D eigenvalue weighted by Crippen LogP contribution is -2.39. The first-order chi connectivity index (χ1) is 13.7. The van der Waals surface area contributed by atoms with Crippen LogP contribution in [0.1, 0.15) is 6.42 Å². The van der Waals surface area contributed by atoms with Crippen LogP contribution in [0.2, 0.25) is 0 Å². The fourth-order valence-electron chi connectivity index (χ4n) is 4.01. The van der Waals surface area contributed by atoms with Crippen LogP contribution in [0.3, 0.4) is 0 Å². The van der Waals surface area contributed by atoms with Gasteiger partial charge in [-0.1, -0.05) is 0 Å². The Labute approximate surface area is 180 Å². The van der Waals surface area contributed by atoms with Gasteiger partial charge in [0.1, 0.15) is 0 Å². The number of fused-ring (bicyclic) bond motifs is 4. The second kappa shape index (κ2) is 7.87. The summed E-state index contributed by atoms with van der Waals surface area (Å²) in [5.74, 6) is 2.91. The van der Waals surface area contributed by atoms with Gasteiger partial charge in [-0.2, -0.15) is 0 Å². The van der Waals surface area contributed by atoms with E-state index in [9.17, 15) is 0 Å². The topological polar surface area (TPSA) is 60.0 Å². The van der Waals surface area contributed by atoms with Gasteiger partial charge in [-0.3, -0.25) is 4.90 Å². The molecule has 0 amide bonds. The third-order valence-corrected chi connectivity index (χ3v) is 6.19. The number of likely N-dealkylation sites (tertiary alicyclic amines) is 1. The summed E-state index contributed by atoms with van der Waals surface area (Å²) in [6.07, 6.45) is 5.14. The highest BCUT2D eigenvalue weighted by Gasteiger charge is 2.38. The Kier molecular flexibility index (Phi) is 5.27. The predicted molar refractivity (Wildman–Crippen MR) is 111 cm³/mol. The molecule has 148 valence electrons. The first kappa shape index (κ1) is 18.7. The molecule has 0 aliphatic carbocycles. The lowest BCUT2D eigenvalue weighted by Gasteiger charge is -2.30. The van der Waals surface area contributed by atoms with Crippen LogP contribution in [-0.4, -0.2) is 66.5 Å². The monoisotopic (exact) mass is 510 g/mol. The molecule has 2 bridgehead atoms. The minimum atomic E-state index is 0.433. The maximum absolute atomic E-state index is 6.01. The minimum absolute atomic E-state index is 0.433. The number of pyridine rings is 2. The summed E-state index contributed by atoms with van der Waals surface area (Å²) in [6, 6.07) is 4.42. The van der Waals surface area contributed by atoms with E-state index in [0.29, 0.717) is 36.8 Å². The lowest BCUT2D eigenvalue weighted by molar-refractivity contribution is 0.0163. The molecular formula is C19H20Br2N4O3.